The number of piperidine rings is 1. The van der Waals surface area contributed by atoms with Crippen molar-refractivity contribution in [2.24, 2.45) is 11.8 Å². The molecule has 9 heteroatoms. The Kier molecular flexibility index (Phi) is 4.98. The van der Waals surface area contributed by atoms with Crippen molar-refractivity contribution in [1.29, 1.82) is 0 Å². The normalized spacial score (nSPS) is 33.4. The molecule has 4 aliphatic rings. The van der Waals surface area contributed by atoms with Crippen molar-refractivity contribution >= 4 is 21.9 Å². The highest BCUT2D eigenvalue weighted by atomic mass is 32.2. The zero-order chi connectivity index (χ0) is 20.0. The predicted molar refractivity (Wildman–Crippen MR) is 107 cm³/mol. The van der Waals surface area contributed by atoms with E-state index < -0.39 is 21.2 Å². The van der Waals surface area contributed by atoms with Crippen LogP contribution in [-0.4, -0.2) is 65.7 Å². The first-order chi connectivity index (χ1) is 14.1. The van der Waals surface area contributed by atoms with Crippen LogP contribution in [0.2, 0.25) is 0 Å². The molecule has 8 nitrogen and oxygen atoms in total. The van der Waals surface area contributed by atoms with Crippen LogP contribution in [0.4, 0.5) is 5.95 Å². The van der Waals surface area contributed by atoms with Crippen LogP contribution in [-0.2, 0) is 19.6 Å². The molecule has 4 unspecified atom stereocenters. The summed E-state index contributed by atoms with van der Waals surface area (Å²) in [5.41, 5.74) is 0. The third kappa shape index (κ3) is 3.32. The van der Waals surface area contributed by atoms with Crippen LogP contribution in [0.25, 0.3) is 0 Å². The third-order valence-corrected chi connectivity index (χ3v) is 9.32. The largest absolute Gasteiger partial charge is 0.373 e. The number of carbonyl (C=O) groups is 1. The van der Waals surface area contributed by atoms with Gasteiger partial charge in [0.15, 0.2) is 0 Å². The van der Waals surface area contributed by atoms with Gasteiger partial charge in [0.2, 0.25) is 21.9 Å². The van der Waals surface area contributed by atoms with Crippen molar-refractivity contribution in [3.8, 4) is 0 Å². The lowest BCUT2D eigenvalue weighted by Gasteiger charge is -2.32. The maximum atomic E-state index is 12.8. The van der Waals surface area contributed by atoms with Gasteiger partial charge < -0.3 is 9.64 Å². The number of ether oxygens (including phenoxy) is 1. The molecule has 0 N–H and O–H groups in total. The summed E-state index contributed by atoms with van der Waals surface area (Å²) in [6, 6.07) is 1.83. The summed E-state index contributed by atoms with van der Waals surface area (Å²) >= 11 is 0. The van der Waals surface area contributed by atoms with E-state index in [0.29, 0.717) is 12.5 Å². The number of amides is 1. The van der Waals surface area contributed by atoms with E-state index in [1.165, 1.54) is 4.31 Å². The Labute approximate surface area is 171 Å². The van der Waals surface area contributed by atoms with Crippen LogP contribution in [0.1, 0.15) is 44.9 Å². The molecule has 2 bridgehead atoms. The minimum Gasteiger partial charge on any atom is -0.373 e. The van der Waals surface area contributed by atoms with E-state index in [0.717, 1.165) is 64.0 Å². The standard InChI is InChI=1S/C20H28N4O4S/c25-19-17-15-5-6-16(28-15)18(17)29(26,27)24(19)11-2-1-4-14-7-12-23(13-8-14)20-21-9-3-10-22-20/h3,9-10,14-18H,1-2,4-8,11-13H2. The first kappa shape index (κ1) is 19.2. The first-order valence-electron chi connectivity index (χ1n) is 10.8. The number of nitrogens with zero attached hydrogens (tertiary/aromatic N) is 4. The van der Waals surface area contributed by atoms with Gasteiger partial charge in [-0.1, -0.05) is 12.8 Å². The Morgan fingerprint density at radius 1 is 1.03 bits per heavy atom. The molecular formula is C20H28N4O4S. The summed E-state index contributed by atoms with van der Waals surface area (Å²) in [5.74, 6) is 0.762. The molecule has 5 rings (SSSR count). The smallest absolute Gasteiger partial charge is 0.243 e. The molecule has 158 valence electrons. The average molecular weight is 421 g/mol. The zero-order valence-electron chi connectivity index (χ0n) is 16.5. The minimum atomic E-state index is -3.55. The van der Waals surface area contributed by atoms with Gasteiger partial charge in [0.1, 0.15) is 5.25 Å². The molecule has 4 fully saturated rings. The fourth-order valence-electron chi connectivity index (χ4n) is 5.56. The van der Waals surface area contributed by atoms with Gasteiger partial charge in [0.25, 0.3) is 0 Å². The zero-order valence-corrected chi connectivity index (χ0v) is 17.3. The number of aromatic nitrogens is 2. The van der Waals surface area contributed by atoms with E-state index in [2.05, 4.69) is 14.9 Å². The highest BCUT2D eigenvalue weighted by molar-refractivity contribution is 7.90. The summed E-state index contributed by atoms with van der Waals surface area (Å²) in [6.07, 6.45) is 9.63. The summed E-state index contributed by atoms with van der Waals surface area (Å²) in [6.45, 7) is 2.24. The van der Waals surface area contributed by atoms with E-state index in [4.69, 9.17) is 4.74 Å². The Morgan fingerprint density at radius 3 is 2.48 bits per heavy atom. The number of hydrogen-bond donors (Lipinski definition) is 0. The van der Waals surface area contributed by atoms with E-state index in [-0.39, 0.29) is 18.1 Å². The molecule has 0 spiro atoms. The highest BCUT2D eigenvalue weighted by Gasteiger charge is 2.65. The van der Waals surface area contributed by atoms with Crippen LogP contribution in [0, 0.1) is 11.8 Å². The second-order valence-electron chi connectivity index (χ2n) is 8.71. The molecule has 5 heterocycles. The highest BCUT2D eigenvalue weighted by Crippen LogP contribution is 2.48. The van der Waals surface area contributed by atoms with Gasteiger partial charge in [0.05, 0.1) is 18.1 Å². The molecule has 4 aliphatic heterocycles. The minimum absolute atomic E-state index is 0.184. The number of anilines is 1. The first-order valence-corrected chi connectivity index (χ1v) is 12.3. The molecule has 0 saturated carbocycles. The van der Waals surface area contributed by atoms with Gasteiger partial charge in [0, 0.05) is 32.0 Å². The summed E-state index contributed by atoms with van der Waals surface area (Å²) in [4.78, 5) is 23.6. The molecule has 0 radical (unpaired) electrons. The molecular weight excluding hydrogens is 392 g/mol. The lowest BCUT2D eigenvalue weighted by atomic mass is 9.88. The van der Waals surface area contributed by atoms with Crippen LogP contribution < -0.4 is 4.90 Å². The fourth-order valence-corrected chi connectivity index (χ4v) is 7.85. The van der Waals surface area contributed by atoms with E-state index >= 15 is 0 Å². The lowest BCUT2D eigenvalue weighted by Crippen LogP contribution is -2.36. The fraction of sp³-hybridized carbons (Fsp3) is 0.750. The summed E-state index contributed by atoms with van der Waals surface area (Å²) < 4.78 is 32.6. The number of fused-ring (bicyclic) bond motifs is 5. The summed E-state index contributed by atoms with van der Waals surface area (Å²) in [7, 11) is -3.55. The van der Waals surface area contributed by atoms with Crippen molar-refractivity contribution in [3.05, 3.63) is 18.5 Å². The third-order valence-electron chi connectivity index (χ3n) is 7.06. The van der Waals surface area contributed by atoms with Gasteiger partial charge >= 0.3 is 0 Å². The molecule has 4 saturated heterocycles. The Bertz CT molecular complexity index is 856. The average Bonchev–Trinajstić information content (AvgIpc) is 3.41. The Balaban J connectivity index is 1.08. The number of hydrogen-bond acceptors (Lipinski definition) is 7. The van der Waals surface area contributed by atoms with Gasteiger partial charge in [-0.25, -0.2) is 22.7 Å². The molecule has 1 aromatic heterocycles. The Hall–Kier alpha value is -1.74. The quantitative estimate of drug-likeness (QED) is 0.645. The molecule has 0 aliphatic carbocycles. The maximum Gasteiger partial charge on any atom is 0.243 e. The van der Waals surface area contributed by atoms with Crippen LogP contribution in [0.15, 0.2) is 18.5 Å². The second kappa shape index (κ2) is 7.50. The van der Waals surface area contributed by atoms with Crippen molar-refractivity contribution in [3.63, 3.8) is 0 Å². The van der Waals surface area contributed by atoms with E-state index in [1.807, 2.05) is 6.07 Å². The van der Waals surface area contributed by atoms with Gasteiger partial charge in [-0.05, 0) is 44.1 Å². The molecule has 1 amide bonds. The lowest BCUT2D eigenvalue weighted by molar-refractivity contribution is -0.130. The number of unbranched alkanes of at least 4 members (excludes halogenated alkanes) is 1. The second-order valence-corrected chi connectivity index (χ2v) is 10.7. The molecule has 0 aromatic carbocycles. The van der Waals surface area contributed by atoms with Gasteiger partial charge in [-0.3, -0.25) is 4.79 Å². The predicted octanol–water partition coefficient (Wildman–Crippen LogP) is 1.58. The van der Waals surface area contributed by atoms with Crippen molar-refractivity contribution in [2.45, 2.75) is 62.4 Å². The number of carbonyl (C=O) groups excluding carboxylic acids is 1. The monoisotopic (exact) mass is 420 g/mol. The van der Waals surface area contributed by atoms with Crippen LogP contribution >= 0.6 is 0 Å². The summed E-state index contributed by atoms with van der Waals surface area (Å²) in [5, 5.41) is -0.627. The molecule has 1 aromatic rings. The van der Waals surface area contributed by atoms with Crippen molar-refractivity contribution in [2.75, 3.05) is 24.5 Å². The van der Waals surface area contributed by atoms with E-state index in [1.54, 1.807) is 12.4 Å². The maximum absolute atomic E-state index is 12.8. The molecule has 4 atom stereocenters. The van der Waals surface area contributed by atoms with E-state index in [9.17, 15) is 13.2 Å². The molecule has 29 heavy (non-hydrogen) atoms. The van der Waals surface area contributed by atoms with Gasteiger partial charge in [-0.15, -0.1) is 0 Å². The SMILES string of the molecule is O=C1C2C3CCC(O3)C2S(=O)(=O)N1CCCCC1CCN(c2ncccn2)CC1. The van der Waals surface area contributed by atoms with Crippen LogP contribution in [0.3, 0.4) is 0 Å². The van der Waals surface area contributed by atoms with Crippen LogP contribution in [0.5, 0.6) is 0 Å². The number of rotatable bonds is 6. The van der Waals surface area contributed by atoms with Crippen molar-refractivity contribution < 1.29 is 17.9 Å². The number of sulfonamides is 1. The van der Waals surface area contributed by atoms with Gasteiger partial charge in [-0.2, -0.15) is 0 Å². The topological polar surface area (TPSA) is 92.7 Å². The Morgan fingerprint density at radius 2 is 1.76 bits per heavy atom. The van der Waals surface area contributed by atoms with Crippen molar-refractivity contribution in [1.82, 2.24) is 14.3 Å².